The third-order valence-electron chi connectivity index (χ3n) is 2.76. The minimum absolute atomic E-state index is 0.0846. The van der Waals surface area contributed by atoms with E-state index in [2.05, 4.69) is 9.72 Å². The van der Waals surface area contributed by atoms with E-state index in [1.165, 1.54) is 38.0 Å². The highest BCUT2D eigenvalue weighted by Crippen LogP contribution is 2.21. The highest BCUT2D eigenvalue weighted by molar-refractivity contribution is 5.90. The van der Waals surface area contributed by atoms with E-state index in [9.17, 15) is 19.7 Å². The number of methoxy groups -OCH3 is 1. The molecule has 0 fully saturated rings. The molecule has 0 N–H and O–H groups in total. The minimum Gasteiger partial charge on any atom is -0.465 e. The summed E-state index contributed by atoms with van der Waals surface area (Å²) in [6.07, 6.45) is 3.26. The van der Waals surface area contributed by atoms with Crippen molar-refractivity contribution < 1.29 is 24.0 Å². The van der Waals surface area contributed by atoms with Crippen molar-refractivity contribution in [3.05, 3.63) is 58.2 Å². The first-order chi connectivity index (χ1) is 10.5. The van der Waals surface area contributed by atoms with Crippen molar-refractivity contribution in [3.63, 3.8) is 0 Å². The van der Waals surface area contributed by atoms with Crippen LogP contribution in [0.25, 0.3) is 0 Å². The summed E-state index contributed by atoms with van der Waals surface area (Å²) in [5.74, 6) is -0.642. The van der Waals surface area contributed by atoms with Crippen LogP contribution in [-0.4, -0.2) is 33.6 Å². The Hall–Kier alpha value is -3.23. The van der Waals surface area contributed by atoms with Crippen LogP contribution >= 0.6 is 0 Å². The Morgan fingerprint density at radius 3 is 2.77 bits per heavy atom. The van der Waals surface area contributed by atoms with Gasteiger partial charge < -0.3 is 9.47 Å². The Labute approximate surface area is 124 Å². The molecular weight excluding hydrogens is 294 g/mol. The number of hydrogen-bond donors (Lipinski definition) is 0. The number of esters is 1. The number of nitro benzene ring substituents is 1. The van der Waals surface area contributed by atoms with E-state index in [0.29, 0.717) is 0 Å². The van der Waals surface area contributed by atoms with Crippen LogP contribution in [0.2, 0.25) is 0 Å². The van der Waals surface area contributed by atoms with Gasteiger partial charge in [0.2, 0.25) is 0 Å². The maximum absolute atomic E-state index is 11.7. The predicted octanol–water partition coefficient (Wildman–Crippen LogP) is 1.76. The molecule has 0 aliphatic carbocycles. The quantitative estimate of drug-likeness (QED) is 0.480. The van der Waals surface area contributed by atoms with Crippen LogP contribution in [-0.2, 0) is 16.1 Å². The summed E-state index contributed by atoms with van der Waals surface area (Å²) in [4.78, 5) is 37.2. The molecule has 1 aromatic carbocycles. The number of rotatable bonds is 4. The normalized spacial score (nSPS) is 10.0. The fourth-order valence-corrected chi connectivity index (χ4v) is 1.71. The fraction of sp³-hybridized carbons (Fsp3) is 0.154. The van der Waals surface area contributed by atoms with Gasteiger partial charge in [-0.25, -0.2) is 19.1 Å². The van der Waals surface area contributed by atoms with Gasteiger partial charge >= 0.3 is 12.1 Å². The zero-order valence-corrected chi connectivity index (χ0v) is 11.5. The third-order valence-corrected chi connectivity index (χ3v) is 2.76. The smallest absolute Gasteiger partial charge is 0.419 e. The molecule has 0 radical (unpaired) electrons. The number of hydrogen-bond acceptors (Lipinski definition) is 7. The van der Waals surface area contributed by atoms with Crippen molar-refractivity contribution in [1.82, 2.24) is 9.55 Å². The van der Waals surface area contributed by atoms with Gasteiger partial charge in [0, 0.05) is 18.5 Å². The summed E-state index contributed by atoms with van der Waals surface area (Å²) in [6.45, 7) is -0.363. The molecule has 1 aromatic heterocycles. The SMILES string of the molecule is COC(=O)c1ccc([N+](=O)[O-])c(COC(=O)n2ccnc2)c1. The number of benzene rings is 1. The molecule has 0 saturated carbocycles. The summed E-state index contributed by atoms with van der Waals surface area (Å²) in [5, 5.41) is 11.0. The number of carbonyl (C=O) groups is 2. The van der Waals surface area contributed by atoms with Crippen LogP contribution in [0, 0.1) is 10.1 Å². The fourth-order valence-electron chi connectivity index (χ4n) is 1.71. The molecule has 22 heavy (non-hydrogen) atoms. The lowest BCUT2D eigenvalue weighted by molar-refractivity contribution is -0.385. The second-order valence-electron chi connectivity index (χ2n) is 4.12. The van der Waals surface area contributed by atoms with Crippen molar-refractivity contribution in [3.8, 4) is 0 Å². The molecule has 0 aliphatic heterocycles. The van der Waals surface area contributed by atoms with Crippen LogP contribution in [0.1, 0.15) is 15.9 Å². The van der Waals surface area contributed by atoms with Gasteiger partial charge in [-0.15, -0.1) is 0 Å². The molecule has 9 nitrogen and oxygen atoms in total. The Morgan fingerprint density at radius 2 is 2.18 bits per heavy atom. The summed E-state index contributed by atoms with van der Waals surface area (Å²) in [5.41, 5.74) is -0.0470. The molecular formula is C13H11N3O6. The van der Waals surface area contributed by atoms with Gasteiger partial charge in [-0.1, -0.05) is 0 Å². The summed E-state index contributed by atoms with van der Waals surface area (Å²) < 4.78 is 10.6. The Kier molecular flexibility index (Phi) is 4.47. The Bertz CT molecular complexity index is 711. The van der Waals surface area contributed by atoms with Gasteiger partial charge in [0.25, 0.3) is 5.69 Å². The molecule has 0 saturated heterocycles. The highest BCUT2D eigenvalue weighted by Gasteiger charge is 2.18. The number of carbonyl (C=O) groups excluding carboxylic acids is 2. The first-order valence-electron chi connectivity index (χ1n) is 6.03. The van der Waals surface area contributed by atoms with Crippen molar-refractivity contribution in [2.45, 2.75) is 6.61 Å². The van der Waals surface area contributed by atoms with Crippen molar-refractivity contribution in [1.29, 1.82) is 0 Å². The molecule has 9 heteroatoms. The third kappa shape index (κ3) is 3.26. The monoisotopic (exact) mass is 305 g/mol. The van der Waals surface area contributed by atoms with E-state index in [4.69, 9.17) is 4.74 Å². The van der Waals surface area contributed by atoms with Gasteiger partial charge in [-0.05, 0) is 12.1 Å². The van der Waals surface area contributed by atoms with E-state index >= 15 is 0 Å². The number of imidazole rings is 1. The van der Waals surface area contributed by atoms with E-state index in [-0.39, 0.29) is 23.4 Å². The largest absolute Gasteiger partial charge is 0.465 e. The van der Waals surface area contributed by atoms with Gasteiger partial charge in [0.05, 0.1) is 23.2 Å². The lowest BCUT2D eigenvalue weighted by Gasteiger charge is -2.07. The van der Waals surface area contributed by atoms with Gasteiger partial charge in [0.15, 0.2) is 0 Å². The summed E-state index contributed by atoms with van der Waals surface area (Å²) in [7, 11) is 1.20. The molecule has 0 atom stereocenters. The van der Waals surface area contributed by atoms with Crippen LogP contribution < -0.4 is 0 Å². The van der Waals surface area contributed by atoms with Gasteiger partial charge in [-0.2, -0.15) is 0 Å². The maximum Gasteiger partial charge on any atom is 0.419 e. The lowest BCUT2D eigenvalue weighted by Crippen LogP contribution is -2.12. The van der Waals surface area contributed by atoms with Crippen molar-refractivity contribution >= 4 is 17.7 Å². The van der Waals surface area contributed by atoms with Crippen LogP contribution in [0.15, 0.2) is 36.9 Å². The topological polar surface area (TPSA) is 114 Å². The second-order valence-corrected chi connectivity index (χ2v) is 4.12. The summed E-state index contributed by atoms with van der Waals surface area (Å²) in [6, 6.07) is 3.68. The minimum atomic E-state index is -0.740. The molecule has 2 aromatic rings. The number of nitro groups is 1. The predicted molar refractivity (Wildman–Crippen MR) is 72.2 cm³/mol. The Balaban J connectivity index is 2.21. The van der Waals surface area contributed by atoms with Crippen LogP contribution in [0.3, 0.4) is 0 Å². The molecule has 0 bridgehead atoms. The first kappa shape index (κ1) is 15.2. The summed E-state index contributed by atoms with van der Waals surface area (Å²) >= 11 is 0. The van der Waals surface area contributed by atoms with E-state index in [1.54, 1.807) is 0 Å². The number of aromatic nitrogens is 2. The number of nitrogens with zero attached hydrogens (tertiary/aromatic N) is 3. The molecule has 2 rings (SSSR count). The van der Waals surface area contributed by atoms with Gasteiger partial charge in [0.1, 0.15) is 12.9 Å². The second kappa shape index (κ2) is 6.48. The average molecular weight is 305 g/mol. The standard InChI is InChI=1S/C13H11N3O6/c1-21-12(17)9-2-3-11(16(19)20)10(6-9)7-22-13(18)15-5-4-14-8-15/h2-6,8H,7H2,1H3. The molecule has 0 spiro atoms. The van der Waals surface area contributed by atoms with Crippen molar-refractivity contribution in [2.24, 2.45) is 0 Å². The van der Waals surface area contributed by atoms with E-state index < -0.39 is 17.0 Å². The van der Waals surface area contributed by atoms with E-state index in [1.807, 2.05) is 0 Å². The van der Waals surface area contributed by atoms with Crippen LogP contribution in [0.5, 0.6) is 0 Å². The van der Waals surface area contributed by atoms with Crippen molar-refractivity contribution in [2.75, 3.05) is 7.11 Å². The lowest BCUT2D eigenvalue weighted by atomic mass is 10.1. The zero-order valence-electron chi connectivity index (χ0n) is 11.5. The van der Waals surface area contributed by atoms with Crippen LogP contribution in [0.4, 0.5) is 10.5 Å². The molecule has 0 aliphatic rings. The molecule has 0 amide bonds. The Morgan fingerprint density at radius 1 is 1.41 bits per heavy atom. The molecule has 1 heterocycles. The van der Waals surface area contributed by atoms with E-state index in [0.717, 1.165) is 10.6 Å². The maximum atomic E-state index is 11.7. The number of ether oxygens (including phenoxy) is 2. The first-order valence-corrected chi connectivity index (χ1v) is 6.03. The highest BCUT2D eigenvalue weighted by atomic mass is 16.6. The average Bonchev–Trinajstić information content (AvgIpc) is 3.05. The molecule has 114 valence electrons. The van der Waals surface area contributed by atoms with Gasteiger partial charge in [-0.3, -0.25) is 10.1 Å². The zero-order chi connectivity index (χ0) is 16.1. The molecule has 0 unspecified atom stereocenters.